The van der Waals surface area contributed by atoms with Gasteiger partial charge >= 0.3 is 0 Å². The number of fused-ring (bicyclic) bond motifs is 3. The monoisotopic (exact) mass is 583 g/mol. The van der Waals surface area contributed by atoms with E-state index in [2.05, 4.69) is 32.2 Å². The van der Waals surface area contributed by atoms with Gasteiger partial charge in [0.05, 0.1) is 16.4 Å². The molecule has 0 spiro atoms. The molecule has 3 aromatic rings. The average molecular weight is 585 g/mol. The standard InChI is InChI=1S/C32H36Cl3N3O/c1-31(2)21-13-14-32(3,18-21)30(31)36-29(39)27-24-10-5-4-8-20(15-19-7-6-9-22(33)16-19)28(24)38(37-27)26-12-11-23(34)17-25(26)35/h6-7,9,11-12,16-17,20-21,30H,4-5,8,10,13-15,18H2,1-3H3,(H,36,39)/t20?,21?,30-,32?/m1/s1. The molecule has 1 amide bonds. The van der Waals surface area contributed by atoms with Gasteiger partial charge in [0.15, 0.2) is 5.69 Å². The van der Waals surface area contributed by atoms with Crippen LogP contribution in [0.1, 0.15) is 92.5 Å². The van der Waals surface area contributed by atoms with Gasteiger partial charge in [-0.05, 0) is 97.6 Å². The lowest BCUT2D eigenvalue weighted by Crippen LogP contribution is -2.52. The van der Waals surface area contributed by atoms with E-state index in [1.807, 2.05) is 35.0 Å². The second-order valence-corrected chi connectivity index (χ2v) is 14.1. The molecular formula is C32H36Cl3N3O. The van der Waals surface area contributed by atoms with E-state index >= 15 is 0 Å². The average Bonchev–Trinajstić information content (AvgIpc) is 3.45. The van der Waals surface area contributed by atoms with Crippen LogP contribution >= 0.6 is 34.8 Å². The van der Waals surface area contributed by atoms with Crippen molar-refractivity contribution in [3.8, 4) is 5.69 Å². The molecule has 206 valence electrons. The van der Waals surface area contributed by atoms with Crippen LogP contribution in [0.25, 0.3) is 5.69 Å². The zero-order valence-electron chi connectivity index (χ0n) is 22.9. The molecular weight excluding hydrogens is 549 g/mol. The van der Waals surface area contributed by atoms with Crippen molar-refractivity contribution >= 4 is 40.7 Å². The molecule has 6 rings (SSSR count). The number of nitrogens with zero attached hydrogens (tertiary/aromatic N) is 2. The van der Waals surface area contributed by atoms with Gasteiger partial charge in [-0.3, -0.25) is 4.79 Å². The van der Waals surface area contributed by atoms with E-state index < -0.39 is 0 Å². The van der Waals surface area contributed by atoms with Gasteiger partial charge in [-0.25, -0.2) is 4.68 Å². The third kappa shape index (κ3) is 4.81. The number of hydrogen-bond acceptors (Lipinski definition) is 2. The topological polar surface area (TPSA) is 46.9 Å². The molecule has 39 heavy (non-hydrogen) atoms. The first-order chi connectivity index (χ1) is 18.6. The van der Waals surface area contributed by atoms with Crippen LogP contribution in [0.2, 0.25) is 15.1 Å². The van der Waals surface area contributed by atoms with Crippen molar-refractivity contribution in [1.82, 2.24) is 15.1 Å². The Hall–Kier alpha value is -2.01. The quantitative estimate of drug-likeness (QED) is 0.305. The van der Waals surface area contributed by atoms with Crippen molar-refractivity contribution in [2.24, 2.45) is 16.7 Å². The van der Waals surface area contributed by atoms with Crippen LogP contribution in [0.3, 0.4) is 0 Å². The molecule has 0 saturated heterocycles. The maximum atomic E-state index is 14.1. The fourth-order valence-electron chi connectivity index (χ4n) is 7.99. The molecule has 2 fully saturated rings. The second-order valence-electron chi connectivity index (χ2n) is 12.8. The highest BCUT2D eigenvalue weighted by Gasteiger charge is 2.59. The fraction of sp³-hybridized carbons (Fsp3) is 0.500. The lowest BCUT2D eigenvalue weighted by molar-refractivity contribution is 0.0732. The van der Waals surface area contributed by atoms with Crippen molar-refractivity contribution in [2.75, 3.05) is 0 Å². The Balaban J connectivity index is 1.44. The summed E-state index contributed by atoms with van der Waals surface area (Å²) in [6.45, 7) is 6.99. The predicted octanol–water partition coefficient (Wildman–Crippen LogP) is 8.83. The highest BCUT2D eigenvalue weighted by molar-refractivity contribution is 6.35. The summed E-state index contributed by atoms with van der Waals surface area (Å²) in [6, 6.07) is 13.7. The van der Waals surface area contributed by atoms with E-state index in [1.54, 1.807) is 6.07 Å². The first-order valence-electron chi connectivity index (χ1n) is 14.2. The van der Waals surface area contributed by atoms with Crippen LogP contribution < -0.4 is 5.32 Å². The van der Waals surface area contributed by atoms with Crippen LogP contribution in [0.5, 0.6) is 0 Å². The summed E-state index contributed by atoms with van der Waals surface area (Å²) in [6.07, 6.45) is 8.36. The van der Waals surface area contributed by atoms with Crippen molar-refractivity contribution in [1.29, 1.82) is 0 Å². The number of aromatic nitrogens is 2. The molecule has 1 heterocycles. The van der Waals surface area contributed by atoms with Crippen LogP contribution in [0.15, 0.2) is 42.5 Å². The Labute approximate surface area is 246 Å². The maximum Gasteiger partial charge on any atom is 0.272 e. The van der Waals surface area contributed by atoms with Gasteiger partial charge in [0.25, 0.3) is 5.91 Å². The normalized spacial score (nSPS) is 27.3. The van der Waals surface area contributed by atoms with Crippen LogP contribution in [-0.2, 0) is 12.8 Å². The summed E-state index contributed by atoms with van der Waals surface area (Å²) < 4.78 is 1.93. The molecule has 2 bridgehead atoms. The van der Waals surface area contributed by atoms with E-state index in [9.17, 15) is 4.79 Å². The summed E-state index contributed by atoms with van der Waals surface area (Å²) in [5.74, 6) is 0.765. The fourth-order valence-corrected chi connectivity index (χ4v) is 8.69. The molecule has 4 nitrogen and oxygen atoms in total. The summed E-state index contributed by atoms with van der Waals surface area (Å²) in [5, 5.41) is 10.4. The molecule has 3 aliphatic rings. The zero-order valence-corrected chi connectivity index (χ0v) is 25.1. The number of rotatable bonds is 5. The van der Waals surface area contributed by atoms with Gasteiger partial charge < -0.3 is 5.32 Å². The number of nitrogens with one attached hydrogen (secondary N) is 1. The summed E-state index contributed by atoms with van der Waals surface area (Å²) in [7, 11) is 0. The van der Waals surface area contributed by atoms with Crippen LogP contribution in [-0.4, -0.2) is 21.7 Å². The first-order valence-corrected chi connectivity index (χ1v) is 15.3. The van der Waals surface area contributed by atoms with E-state index in [1.165, 1.54) is 24.8 Å². The van der Waals surface area contributed by atoms with Crippen molar-refractivity contribution in [3.63, 3.8) is 0 Å². The van der Waals surface area contributed by atoms with Crippen molar-refractivity contribution in [3.05, 3.63) is 80.0 Å². The third-order valence-corrected chi connectivity index (χ3v) is 10.7. The molecule has 3 aliphatic carbocycles. The Morgan fingerprint density at radius 3 is 2.56 bits per heavy atom. The zero-order chi connectivity index (χ0) is 27.5. The lowest BCUT2D eigenvalue weighted by atomic mass is 9.68. The molecule has 4 atom stereocenters. The van der Waals surface area contributed by atoms with Gasteiger partial charge in [-0.1, -0.05) is 74.1 Å². The molecule has 3 unspecified atom stereocenters. The van der Waals surface area contributed by atoms with Gasteiger partial charge in [0, 0.05) is 27.6 Å². The smallest absolute Gasteiger partial charge is 0.272 e. The predicted molar refractivity (Wildman–Crippen MR) is 160 cm³/mol. The minimum Gasteiger partial charge on any atom is -0.347 e. The Morgan fingerprint density at radius 1 is 1.05 bits per heavy atom. The number of amides is 1. The van der Waals surface area contributed by atoms with Crippen LogP contribution in [0, 0.1) is 16.7 Å². The second kappa shape index (κ2) is 10.1. The lowest BCUT2D eigenvalue weighted by Gasteiger charge is -2.43. The third-order valence-electron chi connectivity index (χ3n) is 9.91. The molecule has 1 N–H and O–H groups in total. The molecule has 2 aromatic carbocycles. The van der Waals surface area contributed by atoms with Crippen molar-refractivity contribution in [2.45, 2.75) is 84.1 Å². The van der Waals surface area contributed by atoms with Gasteiger partial charge in [0.2, 0.25) is 0 Å². The summed E-state index contributed by atoms with van der Waals surface area (Å²) in [5.41, 5.74) is 4.81. The van der Waals surface area contributed by atoms with E-state index in [-0.39, 0.29) is 28.7 Å². The Morgan fingerprint density at radius 2 is 1.85 bits per heavy atom. The number of benzene rings is 2. The van der Waals surface area contributed by atoms with Crippen LogP contribution in [0.4, 0.5) is 0 Å². The van der Waals surface area contributed by atoms with Gasteiger partial charge in [-0.2, -0.15) is 5.10 Å². The minimum absolute atomic E-state index is 0.0645. The molecule has 0 radical (unpaired) electrons. The number of hydrogen-bond donors (Lipinski definition) is 1. The molecule has 1 aromatic heterocycles. The first kappa shape index (κ1) is 27.2. The highest BCUT2D eigenvalue weighted by Crippen LogP contribution is 2.62. The SMILES string of the molecule is CC12CCC(C1)C(C)(C)[C@H]2NC(=O)c1nn(-c2ccc(Cl)cc2Cl)c2c1CCCCC2Cc1cccc(Cl)c1. The van der Waals surface area contributed by atoms with E-state index in [0.29, 0.717) is 21.7 Å². The minimum atomic E-state index is -0.0645. The summed E-state index contributed by atoms with van der Waals surface area (Å²) >= 11 is 19.3. The van der Waals surface area contributed by atoms with Gasteiger partial charge in [0.1, 0.15) is 0 Å². The molecule has 2 saturated carbocycles. The summed E-state index contributed by atoms with van der Waals surface area (Å²) in [4.78, 5) is 14.1. The number of carbonyl (C=O) groups excluding carboxylic acids is 1. The number of carbonyl (C=O) groups is 1. The Bertz CT molecular complexity index is 1430. The molecule has 7 heteroatoms. The van der Waals surface area contributed by atoms with Crippen molar-refractivity contribution < 1.29 is 4.79 Å². The molecule has 0 aliphatic heterocycles. The van der Waals surface area contributed by atoms with Gasteiger partial charge in [-0.15, -0.1) is 0 Å². The van der Waals surface area contributed by atoms with E-state index in [0.717, 1.165) is 54.1 Å². The Kier molecular flexibility index (Phi) is 7.05. The maximum absolute atomic E-state index is 14.1. The van der Waals surface area contributed by atoms with E-state index in [4.69, 9.17) is 39.9 Å². The number of halogens is 3. The highest BCUT2D eigenvalue weighted by atomic mass is 35.5. The largest absolute Gasteiger partial charge is 0.347 e.